The SMILES string of the molecule is CNC(=O)NC(=O)[C@H](C)OC(=O)CCN1C(=O)COc2ccccc21. The zero-order chi connectivity index (χ0) is 18.4. The summed E-state index contributed by atoms with van der Waals surface area (Å²) in [6, 6.07) is 6.31. The lowest BCUT2D eigenvalue weighted by molar-refractivity contribution is -0.154. The first-order valence-electron chi connectivity index (χ1n) is 7.66. The van der Waals surface area contributed by atoms with Crippen molar-refractivity contribution in [2.24, 2.45) is 0 Å². The predicted molar refractivity (Wildman–Crippen MR) is 87.1 cm³/mol. The number of hydrogen-bond acceptors (Lipinski definition) is 6. The van der Waals surface area contributed by atoms with E-state index in [4.69, 9.17) is 9.47 Å². The molecule has 2 N–H and O–H groups in total. The number of esters is 1. The molecule has 1 aromatic rings. The number of imide groups is 1. The van der Waals surface area contributed by atoms with Crippen LogP contribution in [0, 0.1) is 0 Å². The molecule has 0 aliphatic carbocycles. The van der Waals surface area contributed by atoms with Crippen LogP contribution >= 0.6 is 0 Å². The second-order valence-corrected chi connectivity index (χ2v) is 5.25. The number of hydrogen-bond donors (Lipinski definition) is 2. The maximum absolute atomic E-state index is 12.0. The Labute approximate surface area is 144 Å². The predicted octanol–water partition coefficient (Wildman–Crippen LogP) is 0.189. The molecule has 1 aromatic carbocycles. The fourth-order valence-electron chi connectivity index (χ4n) is 2.19. The van der Waals surface area contributed by atoms with Gasteiger partial charge >= 0.3 is 12.0 Å². The number of rotatable bonds is 5. The number of carbonyl (C=O) groups is 4. The number of carbonyl (C=O) groups excluding carboxylic acids is 4. The summed E-state index contributed by atoms with van der Waals surface area (Å²) >= 11 is 0. The van der Waals surface area contributed by atoms with Crippen molar-refractivity contribution in [3.05, 3.63) is 24.3 Å². The molecule has 0 bridgehead atoms. The van der Waals surface area contributed by atoms with E-state index in [0.29, 0.717) is 11.4 Å². The van der Waals surface area contributed by atoms with Crippen LogP contribution in [0.2, 0.25) is 0 Å². The first-order chi connectivity index (χ1) is 11.9. The molecule has 0 unspecified atom stereocenters. The quantitative estimate of drug-likeness (QED) is 0.734. The molecule has 1 heterocycles. The highest BCUT2D eigenvalue weighted by atomic mass is 16.5. The molecular weight excluding hydrogens is 330 g/mol. The van der Waals surface area contributed by atoms with E-state index < -0.39 is 24.0 Å². The summed E-state index contributed by atoms with van der Waals surface area (Å²) in [5, 5.41) is 4.23. The van der Waals surface area contributed by atoms with E-state index in [-0.39, 0.29) is 25.5 Å². The second-order valence-electron chi connectivity index (χ2n) is 5.25. The van der Waals surface area contributed by atoms with Crippen molar-refractivity contribution >= 4 is 29.5 Å². The zero-order valence-corrected chi connectivity index (χ0v) is 13.9. The molecule has 9 heteroatoms. The number of nitrogens with zero attached hydrogens (tertiary/aromatic N) is 1. The minimum absolute atomic E-state index is 0.0990. The standard InChI is InChI=1S/C16H19N3O6/c1-10(15(22)18-16(23)17-2)25-14(21)7-8-19-11-5-3-4-6-12(11)24-9-13(19)20/h3-6,10H,7-9H2,1-2H3,(H2,17,18,22,23)/t10-/m0/s1. The third-order valence-corrected chi connectivity index (χ3v) is 3.49. The number of ether oxygens (including phenoxy) is 2. The van der Waals surface area contributed by atoms with Gasteiger partial charge in [0.05, 0.1) is 12.1 Å². The molecule has 0 radical (unpaired) electrons. The van der Waals surface area contributed by atoms with Crippen molar-refractivity contribution in [3.8, 4) is 5.75 Å². The normalized spacial score (nSPS) is 14.0. The van der Waals surface area contributed by atoms with Gasteiger partial charge in [0.2, 0.25) is 0 Å². The minimum Gasteiger partial charge on any atom is -0.482 e. The number of amides is 4. The van der Waals surface area contributed by atoms with Gasteiger partial charge in [-0.15, -0.1) is 0 Å². The van der Waals surface area contributed by atoms with Gasteiger partial charge in [0.15, 0.2) is 12.7 Å². The fourth-order valence-corrected chi connectivity index (χ4v) is 2.19. The van der Waals surface area contributed by atoms with Crippen LogP contribution in [0.1, 0.15) is 13.3 Å². The van der Waals surface area contributed by atoms with Crippen LogP contribution in [-0.2, 0) is 19.1 Å². The van der Waals surface area contributed by atoms with E-state index in [0.717, 1.165) is 0 Å². The molecule has 0 aromatic heterocycles. The van der Waals surface area contributed by atoms with Crippen LogP contribution in [0.5, 0.6) is 5.75 Å². The van der Waals surface area contributed by atoms with Crippen molar-refractivity contribution in [1.82, 2.24) is 10.6 Å². The van der Waals surface area contributed by atoms with Crippen molar-refractivity contribution in [2.75, 3.05) is 25.1 Å². The lowest BCUT2D eigenvalue weighted by Gasteiger charge is -2.29. The topological polar surface area (TPSA) is 114 Å². The molecule has 0 saturated carbocycles. The monoisotopic (exact) mass is 349 g/mol. The first-order valence-corrected chi connectivity index (χ1v) is 7.66. The number of fused-ring (bicyclic) bond motifs is 1. The molecule has 1 aliphatic heterocycles. The summed E-state index contributed by atoms with van der Waals surface area (Å²) in [5.74, 6) is -1.09. The Morgan fingerprint density at radius 2 is 2.04 bits per heavy atom. The van der Waals surface area contributed by atoms with E-state index >= 15 is 0 Å². The number of nitrogens with one attached hydrogen (secondary N) is 2. The highest BCUT2D eigenvalue weighted by molar-refractivity contribution is 5.98. The van der Waals surface area contributed by atoms with E-state index in [1.807, 2.05) is 5.32 Å². The van der Waals surface area contributed by atoms with E-state index in [2.05, 4.69) is 5.32 Å². The summed E-state index contributed by atoms with van der Waals surface area (Å²) in [7, 11) is 1.36. The van der Waals surface area contributed by atoms with E-state index in [1.54, 1.807) is 24.3 Å². The maximum atomic E-state index is 12.0. The van der Waals surface area contributed by atoms with Crippen LogP contribution in [0.15, 0.2) is 24.3 Å². The van der Waals surface area contributed by atoms with Crippen LogP contribution in [0.4, 0.5) is 10.5 Å². The maximum Gasteiger partial charge on any atom is 0.321 e. The summed E-state index contributed by atoms with van der Waals surface area (Å²) in [4.78, 5) is 48.0. The van der Waals surface area contributed by atoms with Gasteiger partial charge in [0, 0.05) is 13.6 Å². The molecule has 25 heavy (non-hydrogen) atoms. The molecule has 4 amide bonds. The van der Waals surface area contributed by atoms with Crippen molar-refractivity contribution in [3.63, 3.8) is 0 Å². The Balaban J connectivity index is 1.89. The number of urea groups is 1. The van der Waals surface area contributed by atoms with E-state index in [1.165, 1.54) is 18.9 Å². The van der Waals surface area contributed by atoms with Crippen LogP contribution in [0.3, 0.4) is 0 Å². The van der Waals surface area contributed by atoms with Gasteiger partial charge in [-0.25, -0.2) is 4.79 Å². The second kappa shape index (κ2) is 8.13. The summed E-state index contributed by atoms with van der Waals surface area (Å²) in [6.45, 7) is 1.35. The van der Waals surface area contributed by atoms with Gasteiger partial charge < -0.3 is 19.7 Å². The molecule has 1 atom stereocenters. The highest BCUT2D eigenvalue weighted by Gasteiger charge is 2.26. The van der Waals surface area contributed by atoms with Gasteiger partial charge in [0.1, 0.15) is 5.75 Å². The van der Waals surface area contributed by atoms with E-state index in [9.17, 15) is 19.2 Å². The highest BCUT2D eigenvalue weighted by Crippen LogP contribution is 2.31. The first kappa shape index (κ1) is 18.2. The lowest BCUT2D eigenvalue weighted by Crippen LogP contribution is -2.44. The molecule has 1 aliphatic rings. The summed E-state index contributed by atoms with van der Waals surface area (Å²) < 4.78 is 10.3. The van der Waals surface area contributed by atoms with Gasteiger partial charge in [0.25, 0.3) is 11.8 Å². The van der Waals surface area contributed by atoms with Gasteiger partial charge in [-0.2, -0.15) is 0 Å². The Bertz CT molecular complexity index is 690. The van der Waals surface area contributed by atoms with Gasteiger partial charge in [-0.05, 0) is 19.1 Å². The van der Waals surface area contributed by atoms with Crippen molar-refractivity contribution in [1.29, 1.82) is 0 Å². The fraction of sp³-hybridized carbons (Fsp3) is 0.375. The molecule has 134 valence electrons. The molecular formula is C16H19N3O6. The third kappa shape index (κ3) is 4.69. The largest absolute Gasteiger partial charge is 0.482 e. The van der Waals surface area contributed by atoms with Gasteiger partial charge in [-0.1, -0.05) is 12.1 Å². The Hall–Kier alpha value is -3.10. The molecule has 2 rings (SSSR count). The summed E-state index contributed by atoms with van der Waals surface area (Å²) in [5.41, 5.74) is 0.581. The van der Waals surface area contributed by atoms with Gasteiger partial charge in [-0.3, -0.25) is 19.7 Å². The van der Waals surface area contributed by atoms with Crippen molar-refractivity contribution in [2.45, 2.75) is 19.4 Å². The Morgan fingerprint density at radius 3 is 2.76 bits per heavy atom. The molecule has 0 spiro atoms. The smallest absolute Gasteiger partial charge is 0.321 e. The lowest BCUT2D eigenvalue weighted by atomic mass is 10.2. The van der Waals surface area contributed by atoms with Crippen LogP contribution in [0.25, 0.3) is 0 Å². The average Bonchev–Trinajstić information content (AvgIpc) is 2.60. The molecule has 0 saturated heterocycles. The minimum atomic E-state index is -1.13. The van der Waals surface area contributed by atoms with Crippen LogP contribution in [-0.4, -0.2) is 50.1 Å². The van der Waals surface area contributed by atoms with Crippen molar-refractivity contribution < 1.29 is 28.7 Å². The number of benzene rings is 1. The third-order valence-electron chi connectivity index (χ3n) is 3.49. The average molecular weight is 349 g/mol. The number of anilines is 1. The molecule has 9 nitrogen and oxygen atoms in total. The Kier molecular flexibility index (Phi) is 5.93. The zero-order valence-electron chi connectivity index (χ0n) is 13.9. The number of para-hydroxylation sites is 2. The molecule has 0 fully saturated rings. The summed E-state index contributed by atoms with van der Waals surface area (Å²) in [6.07, 6.45) is -1.23. The van der Waals surface area contributed by atoms with Crippen LogP contribution < -0.4 is 20.3 Å². The Morgan fingerprint density at radius 1 is 1.32 bits per heavy atom.